The summed E-state index contributed by atoms with van der Waals surface area (Å²) in [5, 5.41) is 1.94. The van der Waals surface area contributed by atoms with Crippen molar-refractivity contribution >= 4 is 16.7 Å². The molecule has 22 heavy (non-hydrogen) atoms. The number of esters is 1. The standard InChI is InChI=1S/C19H16O3/c1-21-16-11-9-14(10-12-16)13-22-19(20)18-8-4-6-15-5-2-3-7-17(15)18/h2-12H,13H2,1H3. The van der Waals surface area contributed by atoms with Gasteiger partial charge < -0.3 is 9.47 Å². The first-order chi connectivity index (χ1) is 10.8. The molecule has 3 rings (SSSR count). The molecule has 3 heteroatoms. The number of fused-ring (bicyclic) bond motifs is 1. The van der Waals surface area contributed by atoms with Crippen molar-refractivity contribution in [3.05, 3.63) is 77.9 Å². The van der Waals surface area contributed by atoms with Gasteiger partial charge in [0, 0.05) is 0 Å². The van der Waals surface area contributed by atoms with E-state index in [9.17, 15) is 4.79 Å². The zero-order valence-electron chi connectivity index (χ0n) is 12.3. The van der Waals surface area contributed by atoms with Gasteiger partial charge >= 0.3 is 5.97 Å². The third kappa shape index (κ3) is 2.93. The molecule has 0 saturated heterocycles. The molecular formula is C19H16O3. The lowest BCUT2D eigenvalue weighted by atomic mass is 10.0. The maximum Gasteiger partial charge on any atom is 0.339 e. The van der Waals surface area contributed by atoms with E-state index in [2.05, 4.69) is 0 Å². The molecule has 3 aromatic carbocycles. The van der Waals surface area contributed by atoms with Gasteiger partial charge in [-0.25, -0.2) is 4.79 Å². The highest BCUT2D eigenvalue weighted by Crippen LogP contribution is 2.20. The van der Waals surface area contributed by atoms with Gasteiger partial charge in [0.25, 0.3) is 0 Å². The largest absolute Gasteiger partial charge is 0.497 e. The highest BCUT2D eigenvalue weighted by Gasteiger charge is 2.11. The Morgan fingerprint density at radius 3 is 2.41 bits per heavy atom. The Morgan fingerprint density at radius 1 is 0.909 bits per heavy atom. The van der Waals surface area contributed by atoms with Crippen LogP contribution in [-0.2, 0) is 11.3 Å². The highest BCUT2D eigenvalue weighted by molar-refractivity contribution is 6.04. The number of methoxy groups -OCH3 is 1. The molecule has 0 heterocycles. The van der Waals surface area contributed by atoms with Crippen molar-refractivity contribution in [3.63, 3.8) is 0 Å². The molecule has 0 N–H and O–H groups in total. The first kappa shape index (κ1) is 14.1. The smallest absolute Gasteiger partial charge is 0.339 e. The molecular weight excluding hydrogens is 276 g/mol. The van der Waals surface area contributed by atoms with Crippen LogP contribution in [0.2, 0.25) is 0 Å². The molecule has 0 amide bonds. The van der Waals surface area contributed by atoms with Crippen LogP contribution in [0.4, 0.5) is 0 Å². The van der Waals surface area contributed by atoms with Gasteiger partial charge in [-0.3, -0.25) is 0 Å². The summed E-state index contributed by atoms with van der Waals surface area (Å²) in [6.07, 6.45) is 0. The van der Waals surface area contributed by atoms with Crippen molar-refractivity contribution in [3.8, 4) is 5.75 Å². The van der Waals surface area contributed by atoms with Crippen molar-refractivity contribution in [2.24, 2.45) is 0 Å². The third-order valence-electron chi connectivity index (χ3n) is 3.54. The Labute approximate surface area is 129 Å². The molecule has 0 radical (unpaired) electrons. The molecule has 0 saturated carbocycles. The van der Waals surface area contributed by atoms with E-state index < -0.39 is 0 Å². The molecule has 0 bridgehead atoms. The van der Waals surface area contributed by atoms with Gasteiger partial charge in [-0.15, -0.1) is 0 Å². The number of carbonyl (C=O) groups excluding carboxylic acids is 1. The molecule has 0 atom stereocenters. The van der Waals surface area contributed by atoms with Crippen molar-refractivity contribution in [2.45, 2.75) is 6.61 Å². The Kier molecular flexibility index (Phi) is 4.05. The zero-order valence-corrected chi connectivity index (χ0v) is 12.3. The Hall–Kier alpha value is -2.81. The van der Waals surface area contributed by atoms with E-state index in [4.69, 9.17) is 9.47 Å². The fourth-order valence-corrected chi connectivity index (χ4v) is 2.35. The summed E-state index contributed by atoms with van der Waals surface area (Å²) < 4.78 is 10.5. The third-order valence-corrected chi connectivity index (χ3v) is 3.54. The van der Waals surface area contributed by atoms with Crippen LogP contribution in [0.15, 0.2) is 66.7 Å². The second kappa shape index (κ2) is 6.31. The van der Waals surface area contributed by atoms with Gasteiger partial charge in [-0.2, -0.15) is 0 Å². The molecule has 0 aliphatic rings. The lowest BCUT2D eigenvalue weighted by Crippen LogP contribution is -2.05. The zero-order chi connectivity index (χ0) is 15.4. The van der Waals surface area contributed by atoms with Crippen LogP contribution < -0.4 is 4.74 Å². The quantitative estimate of drug-likeness (QED) is 0.676. The minimum atomic E-state index is -0.312. The summed E-state index contributed by atoms with van der Waals surface area (Å²) in [4.78, 5) is 12.3. The summed E-state index contributed by atoms with van der Waals surface area (Å²) in [5.74, 6) is 0.469. The normalized spacial score (nSPS) is 10.4. The first-order valence-electron chi connectivity index (χ1n) is 7.06. The van der Waals surface area contributed by atoms with Gasteiger partial charge in [-0.05, 0) is 34.5 Å². The van der Waals surface area contributed by atoms with Gasteiger partial charge in [0.05, 0.1) is 12.7 Å². The fourth-order valence-electron chi connectivity index (χ4n) is 2.35. The van der Waals surface area contributed by atoms with Gasteiger partial charge in [0.2, 0.25) is 0 Å². The monoisotopic (exact) mass is 292 g/mol. The van der Waals surface area contributed by atoms with E-state index in [0.29, 0.717) is 5.56 Å². The summed E-state index contributed by atoms with van der Waals surface area (Å²) >= 11 is 0. The maximum atomic E-state index is 12.3. The van der Waals surface area contributed by atoms with Crippen LogP contribution in [0.3, 0.4) is 0 Å². The molecule has 3 aromatic rings. The lowest BCUT2D eigenvalue weighted by molar-refractivity contribution is 0.0475. The maximum absolute atomic E-state index is 12.3. The van der Waals surface area contributed by atoms with Gasteiger partial charge in [0.15, 0.2) is 0 Å². The average Bonchev–Trinajstić information content (AvgIpc) is 2.59. The summed E-state index contributed by atoms with van der Waals surface area (Å²) in [5.41, 5.74) is 1.51. The molecule has 110 valence electrons. The van der Waals surface area contributed by atoms with Crippen LogP contribution in [0.25, 0.3) is 10.8 Å². The number of hydrogen-bond acceptors (Lipinski definition) is 3. The van der Waals surface area contributed by atoms with Crippen molar-refractivity contribution < 1.29 is 14.3 Å². The van der Waals surface area contributed by atoms with Crippen molar-refractivity contribution in [2.75, 3.05) is 7.11 Å². The van der Waals surface area contributed by atoms with Gasteiger partial charge in [-0.1, -0.05) is 48.5 Å². The van der Waals surface area contributed by atoms with Gasteiger partial charge in [0.1, 0.15) is 12.4 Å². The first-order valence-corrected chi connectivity index (χ1v) is 7.06. The Balaban J connectivity index is 1.75. The number of rotatable bonds is 4. The minimum absolute atomic E-state index is 0.242. The van der Waals surface area contributed by atoms with E-state index in [-0.39, 0.29) is 12.6 Å². The summed E-state index contributed by atoms with van der Waals surface area (Å²) in [6, 6.07) is 20.9. The van der Waals surface area contributed by atoms with E-state index in [0.717, 1.165) is 22.1 Å². The average molecular weight is 292 g/mol. The van der Waals surface area contributed by atoms with E-state index >= 15 is 0 Å². The Bertz CT molecular complexity index is 786. The molecule has 3 nitrogen and oxygen atoms in total. The van der Waals surface area contributed by atoms with E-state index in [1.165, 1.54) is 0 Å². The number of hydrogen-bond donors (Lipinski definition) is 0. The van der Waals surface area contributed by atoms with Crippen molar-refractivity contribution in [1.82, 2.24) is 0 Å². The second-order valence-electron chi connectivity index (χ2n) is 4.95. The van der Waals surface area contributed by atoms with Crippen LogP contribution in [0.5, 0.6) is 5.75 Å². The van der Waals surface area contributed by atoms with Crippen LogP contribution >= 0.6 is 0 Å². The predicted molar refractivity (Wildman–Crippen MR) is 86.1 cm³/mol. The number of carbonyl (C=O) groups is 1. The fraction of sp³-hybridized carbons (Fsp3) is 0.105. The SMILES string of the molecule is COc1ccc(COC(=O)c2cccc3ccccc23)cc1. The molecule has 0 aliphatic heterocycles. The highest BCUT2D eigenvalue weighted by atomic mass is 16.5. The molecule has 0 fully saturated rings. The summed E-state index contributed by atoms with van der Waals surface area (Å²) in [7, 11) is 1.62. The predicted octanol–water partition coefficient (Wildman–Crippen LogP) is 4.21. The summed E-state index contributed by atoms with van der Waals surface area (Å²) in [6.45, 7) is 0.242. The van der Waals surface area contributed by atoms with Crippen LogP contribution in [0.1, 0.15) is 15.9 Å². The van der Waals surface area contributed by atoms with E-state index in [1.807, 2.05) is 60.7 Å². The lowest BCUT2D eigenvalue weighted by Gasteiger charge is -2.08. The Morgan fingerprint density at radius 2 is 1.64 bits per heavy atom. The van der Waals surface area contributed by atoms with Crippen molar-refractivity contribution in [1.29, 1.82) is 0 Å². The molecule has 0 aliphatic carbocycles. The topological polar surface area (TPSA) is 35.5 Å². The second-order valence-corrected chi connectivity index (χ2v) is 4.95. The molecule has 0 spiro atoms. The van der Waals surface area contributed by atoms with Crippen LogP contribution in [-0.4, -0.2) is 13.1 Å². The minimum Gasteiger partial charge on any atom is -0.497 e. The number of ether oxygens (including phenoxy) is 2. The molecule has 0 unspecified atom stereocenters. The van der Waals surface area contributed by atoms with E-state index in [1.54, 1.807) is 13.2 Å². The number of benzene rings is 3. The molecule has 0 aromatic heterocycles. The van der Waals surface area contributed by atoms with Crippen LogP contribution in [0, 0.1) is 0 Å².